The van der Waals surface area contributed by atoms with E-state index in [4.69, 9.17) is 4.74 Å². The van der Waals surface area contributed by atoms with Gasteiger partial charge in [-0.15, -0.1) is 11.3 Å². The van der Waals surface area contributed by atoms with Crippen molar-refractivity contribution >= 4 is 45.1 Å². The van der Waals surface area contributed by atoms with E-state index >= 15 is 0 Å². The summed E-state index contributed by atoms with van der Waals surface area (Å²) in [6.45, 7) is 6.70. The molecule has 2 fully saturated rings. The topological polar surface area (TPSA) is 87.2 Å². The van der Waals surface area contributed by atoms with Gasteiger partial charge in [0.15, 0.2) is 0 Å². The Morgan fingerprint density at radius 2 is 1.69 bits per heavy atom. The van der Waals surface area contributed by atoms with E-state index in [2.05, 4.69) is 0 Å². The first-order valence-corrected chi connectivity index (χ1v) is 13.1. The first kappa shape index (κ1) is 22.4. The molecule has 0 unspecified atom stereocenters. The third-order valence-corrected chi connectivity index (χ3v) is 8.69. The van der Waals surface area contributed by atoms with Gasteiger partial charge in [-0.25, -0.2) is 13.2 Å². The predicted molar refractivity (Wildman–Crippen MR) is 114 cm³/mol. The molecule has 0 saturated carbocycles. The number of sulfonamides is 1. The van der Waals surface area contributed by atoms with Gasteiger partial charge in [-0.1, -0.05) is 13.8 Å². The number of thioether (sulfide) groups is 1. The Balaban J connectivity index is 1.64. The van der Waals surface area contributed by atoms with Crippen LogP contribution in [-0.4, -0.2) is 91.9 Å². The van der Waals surface area contributed by atoms with E-state index < -0.39 is 10.0 Å². The minimum absolute atomic E-state index is 0.0955. The predicted octanol–water partition coefficient (Wildman–Crippen LogP) is 2.04. The molecule has 1 aromatic heterocycles. The number of carbonyl (C=O) groups excluding carboxylic acids is 2. The molecule has 2 saturated heterocycles. The zero-order valence-electron chi connectivity index (χ0n) is 16.7. The van der Waals surface area contributed by atoms with Crippen LogP contribution in [0.5, 0.6) is 0 Å². The summed E-state index contributed by atoms with van der Waals surface area (Å²) in [4.78, 5) is 28.6. The monoisotopic (exact) mass is 461 g/mol. The van der Waals surface area contributed by atoms with Crippen LogP contribution >= 0.6 is 23.1 Å². The second kappa shape index (κ2) is 9.67. The van der Waals surface area contributed by atoms with Crippen LogP contribution in [0, 0.1) is 5.92 Å². The van der Waals surface area contributed by atoms with Gasteiger partial charge in [0, 0.05) is 50.8 Å². The number of amides is 2. The molecule has 0 aromatic carbocycles. The van der Waals surface area contributed by atoms with Crippen molar-refractivity contribution in [2.75, 3.05) is 57.4 Å². The molecule has 2 aliphatic rings. The lowest BCUT2D eigenvalue weighted by molar-refractivity contribution is 0.0536. The Morgan fingerprint density at radius 1 is 1.07 bits per heavy atom. The third kappa shape index (κ3) is 5.25. The van der Waals surface area contributed by atoms with Crippen LogP contribution < -0.4 is 0 Å². The van der Waals surface area contributed by atoms with Crippen molar-refractivity contribution in [3.63, 3.8) is 0 Å². The second-order valence-corrected chi connectivity index (χ2v) is 11.4. The quantitative estimate of drug-likeness (QED) is 0.667. The summed E-state index contributed by atoms with van der Waals surface area (Å²) in [6, 6.07) is 1.52. The molecule has 0 atom stereocenters. The van der Waals surface area contributed by atoms with Crippen molar-refractivity contribution in [2.24, 2.45) is 5.92 Å². The van der Waals surface area contributed by atoms with Crippen molar-refractivity contribution in [1.29, 1.82) is 0 Å². The molecule has 0 spiro atoms. The van der Waals surface area contributed by atoms with Gasteiger partial charge in [-0.05, 0) is 17.4 Å². The van der Waals surface area contributed by atoms with E-state index in [0.717, 1.165) is 22.8 Å². The zero-order chi connectivity index (χ0) is 21.0. The molecule has 0 bridgehead atoms. The standard InChI is InChI=1S/C18H27N3O5S3/c1-14(2)13-26-18(23)20-6-4-19(5-7-20)17(22)16-15(3-10-28-16)29(24,25)21-8-11-27-12-9-21/h3,10,14H,4-9,11-13H2,1-2H3. The van der Waals surface area contributed by atoms with Gasteiger partial charge in [0.05, 0.1) is 6.61 Å². The molecule has 11 heteroatoms. The van der Waals surface area contributed by atoms with Gasteiger partial charge < -0.3 is 14.5 Å². The highest BCUT2D eigenvalue weighted by Crippen LogP contribution is 2.28. The summed E-state index contributed by atoms with van der Waals surface area (Å²) in [5.74, 6) is 1.50. The normalized spacial score (nSPS) is 18.9. The summed E-state index contributed by atoms with van der Waals surface area (Å²) in [5.41, 5.74) is 0. The minimum Gasteiger partial charge on any atom is -0.449 e. The van der Waals surface area contributed by atoms with E-state index in [9.17, 15) is 18.0 Å². The maximum Gasteiger partial charge on any atom is 0.409 e. The van der Waals surface area contributed by atoms with Crippen molar-refractivity contribution < 1.29 is 22.7 Å². The maximum atomic E-state index is 13.0. The fourth-order valence-corrected chi connectivity index (χ4v) is 7.09. The van der Waals surface area contributed by atoms with E-state index in [-0.39, 0.29) is 27.7 Å². The first-order chi connectivity index (χ1) is 13.8. The summed E-state index contributed by atoms with van der Waals surface area (Å²) in [7, 11) is -3.67. The lowest BCUT2D eigenvalue weighted by atomic mass is 10.2. The highest BCUT2D eigenvalue weighted by atomic mass is 32.2. The Bertz CT molecular complexity index is 826. The third-order valence-electron chi connectivity index (χ3n) is 4.78. The average molecular weight is 462 g/mol. The Kier molecular flexibility index (Phi) is 7.47. The maximum absolute atomic E-state index is 13.0. The summed E-state index contributed by atoms with van der Waals surface area (Å²) < 4.78 is 32.7. The minimum atomic E-state index is -3.67. The highest BCUT2D eigenvalue weighted by Gasteiger charge is 2.34. The molecular weight excluding hydrogens is 434 g/mol. The van der Waals surface area contributed by atoms with E-state index in [1.54, 1.807) is 26.9 Å². The Labute approximate surface area is 180 Å². The van der Waals surface area contributed by atoms with Crippen LogP contribution in [0.15, 0.2) is 16.3 Å². The summed E-state index contributed by atoms with van der Waals surface area (Å²) >= 11 is 2.88. The van der Waals surface area contributed by atoms with Gasteiger partial charge in [0.2, 0.25) is 10.0 Å². The fourth-order valence-electron chi connectivity index (χ4n) is 3.15. The number of hydrogen-bond donors (Lipinski definition) is 0. The molecule has 29 heavy (non-hydrogen) atoms. The molecule has 162 valence electrons. The van der Waals surface area contributed by atoms with E-state index in [0.29, 0.717) is 45.9 Å². The lowest BCUT2D eigenvalue weighted by Crippen LogP contribution is -2.51. The number of thiophene rings is 1. The van der Waals surface area contributed by atoms with Crippen LogP contribution in [0.25, 0.3) is 0 Å². The number of nitrogens with zero attached hydrogens (tertiary/aromatic N) is 3. The van der Waals surface area contributed by atoms with Crippen LogP contribution in [0.1, 0.15) is 23.5 Å². The van der Waals surface area contributed by atoms with Crippen LogP contribution in [-0.2, 0) is 14.8 Å². The molecule has 8 nitrogen and oxygen atoms in total. The van der Waals surface area contributed by atoms with Gasteiger partial charge in [-0.3, -0.25) is 4.79 Å². The second-order valence-electron chi connectivity index (χ2n) is 7.38. The summed E-state index contributed by atoms with van der Waals surface area (Å²) in [5, 5.41) is 1.65. The number of hydrogen-bond acceptors (Lipinski definition) is 7. The molecule has 2 aliphatic heterocycles. The molecule has 3 rings (SSSR count). The highest BCUT2D eigenvalue weighted by molar-refractivity contribution is 7.99. The number of ether oxygens (including phenoxy) is 1. The van der Waals surface area contributed by atoms with Crippen molar-refractivity contribution in [2.45, 2.75) is 18.7 Å². The molecule has 2 amide bonds. The molecule has 0 N–H and O–H groups in total. The van der Waals surface area contributed by atoms with Crippen LogP contribution in [0.2, 0.25) is 0 Å². The first-order valence-electron chi connectivity index (χ1n) is 9.67. The van der Waals surface area contributed by atoms with Gasteiger partial charge in [0.1, 0.15) is 9.77 Å². The van der Waals surface area contributed by atoms with Gasteiger partial charge in [0.25, 0.3) is 5.91 Å². The summed E-state index contributed by atoms with van der Waals surface area (Å²) in [6.07, 6.45) is -0.367. The fraction of sp³-hybridized carbons (Fsp3) is 0.667. The smallest absolute Gasteiger partial charge is 0.409 e. The van der Waals surface area contributed by atoms with Crippen molar-refractivity contribution in [3.8, 4) is 0 Å². The molecule has 0 aliphatic carbocycles. The van der Waals surface area contributed by atoms with Crippen LogP contribution in [0.3, 0.4) is 0 Å². The number of piperazine rings is 1. The van der Waals surface area contributed by atoms with Gasteiger partial charge >= 0.3 is 6.09 Å². The largest absolute Gasteiger partial charge is 0.449 e. The molecule has 1 aromatic rings. The van der Waals surface area contributed by atoms with Crippen molar-refractivity contribution in [3.05, 3.63) is 16.3 Å². The Morgan fingerprint density at radius 3 is 2.31 bits per heavy atom. The Hall–Kier alpha value is -1.30. The average Bonchev–Trinajstić information content (AvgIpc) is 3.23. The van der Waals surface area contributed by atoms with Crippen LogP contribution in [0.4, 0.5) is 4.79 Å². The van der Waals surface area contributed by atoms with Gasteiger partial charge in [-0.2, -0.15) is 16.1 Å². The van der Waals surface area contributed by atoms with Crippen molar-refractivity contribution in [1.82, 2.24) is 14.1 Å². The number of rotatable bonds is 5. The molecule has 3 heterocycles. The van der Waals surface area contributed by atoms with E-state index in [1.165, 1.54) is 10.4 Å². The number of carbonyl (C=O) groups is 2. The molecule has 0 radical (unpaired) electrons. The zero-order valence-corrected chi connectivity index (χ0v) is 19.2. The SMILES string of the molecule is CC(C)COC(=O)N1CCN(C(=O)c2sccc2S(=O)(=O)N2CCSCC2)CC1. The lowest BCUT2D eigenvalue weighted by Gasteiger charge is -2.34. The van der Waals surface area contributed by atoms with E-state index in [1.807, 2.05) is 13.8 Å². The molecular formula is C18H27N3O5S3.